The maximum Gasteiger partial charge on any atom is 0.261 e. The van der Waals surface area contributed by atoms with Crippen LogP contribution in [-0.4, -0.2) is 27.0 Å². The number of benzene rings is 2. The molecule has 2 rings (SSSR count). The fourth-order valence-electron chi connectivity index (χ4n) is 2.57. The van der Waals surface area contributed by atoms with Crippen molar-refractivity contribution in [2.75, 3.05) is 11.3 Å². The van der Waals surface area contributed by atoms with Gasteiger partial charge in [0.15, 0.2) is 6.10 Å². The number of carbonyl (C=O) groups excluding carboxylic acids is 1. The van der Waals surface area contributed by atoms with Crippen LogP contribution in [0.15, 0.2) is 47.4 Å². The molecule has 0 aliphatic rings. The van der Waals surface area contributed by atoms with Crippen molar-refractivity contribution in [3.63, 3.8) is 0 Å². The Balaban J connectivity index is 2.08. The molecule has 2 N–H and O–H groups in total. The molecule has 0 aromatic heterocycles. The van der Waals surface area contributed by atoms with Gasteiger partial charge in [-0.2, -0.15) is 0 Å². The van der Waals surface area contributed by atoms with Crippen molar-refractivity contribution in [1.29, 1.82) is 0 Å². The molecule has 0 saturated carbocycles. The second kappa shape index (κ2) is 9.10. The van der Waals surface area contributed by atoms with E-state index in [1.807, 2.05) is 45.9 Å². The molecule has 0 aliphatic carbocycles. The summed E-state index contributed by atoms with van der Waals surface area (Å²) in [6, 6.07) is 11.6. The van der Waals surface area contributed by atoms with E-state index in [4.69, 9.17) is 4.74 Å². The Kier molecular flexibility index (Phi) is 7.07. The lowest BCUT2D eigenvalue weighted by Gasteiger charge is -2.16. The van der Waals surface area contributed by atoms with Gasteiger partial charge in [-0.25, -0.2) is 8.42 Å². The molecule has 152 valence electrons. The zero-order valence-electron chi connectivity index (χ0n) is 16.9. The van der Waals surface area contributed by atoms with Gasteiger partial charge in [-0.05, 0) is 62.1 Å². The summed E-state index contributed by atoms with van der Waals surface area (Å²) in [5, 5.41) is 2.81. The molecule has 0 aliphatic heterocycles. The summed E-state index contributed by atoms with van der Waals surface area (Å²) >= 11 is 0. The summed E-state index contributed by atoms with van der Waals surface area (Å²) in [6.45, 7) is 9.96. The first-order valence-corrected chi connectivity index (χ1v) is 10.7. The van der Waals surface area contributed by atoms with Crippen molar-refractivity contribution < 1.29 is 17.9 Å². The molecular weight excluding hydrogens is 376 g/mol. The monoisotopic (exact) mass is 404 g/mol. The Morgan fingerprint density at radius 1 is 1.00 bits per heavy atom. The fraction of sp³-hybridized carbons (Fsp3) is 0.381. The Morgan fingerprint density at radius 3 is 2.11 bits per heavy atom. The Bertz CT molecular complexity index is 902. The lowest BCUT2D eigenvalue weighted by atomic mass is 10.1. The molecule has 0 bridgehead atoms. The number of nitrogens with one attached hydrogen (secondary N) is 2. The zero-order valence-corrected chi connectivity index (χ0v) is 17.8. The number of ether oxygens (including phenoxy) is 1. The van der Waals surface area contributed by atoms with Crippen LogP contribution >= 0.6 is 0 Å². The second-order valence-electron chi connectivity index (χ2n) is 7.24. The number of sulfonamides is 1. The van der Waals surface area contributed by atoms with Crippen LogP contribution in [0.25, 0.3) is 0 Å². The van der Waals surface area contributed by atoms with Crippen LogP contribution < -0.4 is 14.8 Å². The summed E-state index contributed by atoms with van der Waals surface area (Å²) in [7, 11) is -3.72. The number of amides is 1. The Labute approximate surface area is 167 Å². The third kappa shape index (κ3) is 5.73. The predicted molar refractivity (Wildman–Crippen MR) is 111 cm³/mol. The first-order valence-electron chi connectivity index (χ1n) is 9.23. The van der Waals surface area contributed by atoms with E-state index in [2.05, 4.69) is 10.0 Å². The molecule has 0 unspecified atom stereocenters. The Morgan fingerprint density at radius 2 is 1.57 bits per heavy atom. The van der Waals surface area contributed by atoms with Crippen molar-refractivity contribution in [2.24, 2.45) is 5.92 Å². The third-order valence-corrected chi connectivity index (χ3v) is 5.58. The first-order chi connectivity index (χ1) is 13.1. The van der Waals surface area contributed by atoms with Crippen LogP contribution in [0.3, 0.4) is 0 Å². The number of anilines is 1. The van der Waals surface area contributed by atoms with Gasteiger partial charge < -0.3 is 10.1 Å². The van der Waals surface area contributed by atoms with Gasteiger partial charge in [0.2, 0.25) is 0 Å². The highest BCUT2D eigenvalue weighted by Crippen LogP contribution is 2.24. The Hall–Kier alpha value is -2.54. The quantitative estimate of drug-likeness (QED) is 0.703. The highest BCUT2D eigenvalue weighted by molar-refractivity contribution is 7.92. The van der Waals surface area contributed by atoms with Gasteiger partial charge >= 0.3 is 0 Å². The van der Waals surface area contributed by atoms with Crippen molar-refractivity contribution >= 4 is 21.6 Å². The third-order valence-electron chi connectivity index (χ3n) is 4.22. The molecule has 0 heterocycles. The summed E-state index contributed by atoms with van der Waals surface area (Å²) in [6.07, 6.45) is -0.672. The van der Waals surface area contributed by atoms with Gasteiger partial charge in [-0.15, -0.1) is 0 Å². The largest absolute Gasteiger partial charge is 0.481 e. The normalized spacial score (nSPS) is 12.5. The minimum Gasteiger partial charge on any atom is -0.481 e. The maximum atomic E-state index is 12.7. The molecule has 1 atom stereocenters. The van der Waals surface area contributed by atoms with Gasteiger partial charge in [0.1, 0.15) is 5.75 Å². The second-order valence-corrected chi connectivity index (χ2v) is 8.93. The lowest BCUT2D eigenvalue weighted by Crippen LogP contribution is -2.38. The highest BCUT2D eigenvalue weighted by atomic mass is 32.2. The van der Waals surface area contributed by atoms with E-state index in [1.54, 1.807) is 19.1 Å². The van der Waals surface area contributed by atoms with Crippen LogP contribution in [0.2, 0.25) is 0 Å². The topological polar surface area (TPSA) is 84.5 Å². The number of hydrogen-bond acceptors (Lipinski definition) is 4. The molecule has 0 fully saturated rings. The summed E-state index contributed by atoms with van der Waals surface area (Å²) in [5.74, 6) is 0.574. The summed E-state index contributed by atoms with van der Waals surface area (Å²) in [5.41, 5.74) is 2.28. The number of para-hydroxylation sites is 1. The van der Waals surface area contributed by atoms with E-state index in [9.17, 15) is 13.2 Å². The van der Waals surface area contributed by atoms with Crippen LogP contribution in [0, 0.1) is 19.8 Å². The average molecular weight is 405 g/mol. The molecule has 0 radical (unpaired) electrons. The van der Waals surface area contributed by atoms with E-state index >= 15 is 0 Å². The molecule has 2 aromatic carbocycles. The smallest absolute Gasteiger partial charge is 0.261 e. The highest BCUT2D eigenvalue weighted by Gasteiger charge is 2.18. The van der Waals surface area contributed by atoms with E-state index in [1.165, 1.54) is 12.1 Å². The van der Waals surface area contributed by atoms with Gasteiger partial charge in [-0.1, -0.05) is 32.0 Å². The zero-order chi connectivity index (χ0) is 20.9. The maximum absolute atomic E-state index is 12.7. The van der Waals surface area contributed by atoms with Crippen LogP contribution in [-0.2, 0) is 14.8 Å². The molecule has 28 heavy (non-hydrogen) atoms. The molecule has 6 nitrogen and oxygen atoms in total. The molecule has 1 amide bonds. The SMILES string of the molecule is Cc1cccc(C)c1NS(=O)(=O)c1ccc(O[C@H](C)C(=O)NCC(C)C)cc1. The average Bonchev–Trinajstić information content (AvgIpc) is 2.63. The van der Waals surface area contributed by atoms with Crippen LogP contribution in [0.4, 0.5) is 5.69 Å². The molecule has 7 heteroatoms. The number of rotatable bonds is 8. The first kappa shape index (κ1) is 21.8. The minimum atomic E-state index is -3.72. The number of aryl methyl sites for hydroxylation is 2. The van der Waals surface area contributed by atoms with Gasteiger partial charge in [0.05, 0.1) is 10.6 Å². The van der Waals surface area contributed by atoms with E-state index < -0.39 is 16.1 Å². The van der Waals surface area contributed by atoms with Crippen LogP contribution in [0.5, 0.6) is 5.75 Å². The minimum absolute atomic E-state index is 0.124. The van der Waals surface area contributed by atoms with Gasteiger partial charge in [0, 0.05) is 6.54 Å². The van der Waals surface area contributed by atoms with Crippen molar-refractivity contribution in [3.05, 3.63) is 53.6 Å². The summed E-state index contributed by atoms with van der Waals surface area (Å²) in [4.78, 5) is 12.1. The predicted octanol–water partition coefficient (Wildman–Crippen LogP) is 3.64. The molecule has 0 saturated heterocycles. The lowest BCUT2D eigenvalue weighted by molar-refractivity contribution is -0.127. The standard InChI is InChI=1S/C21H28N2O4S/c1-14(2)13-22-21(24)17(5)27-18-9-11-19(12-10-18)28(25,26)23-20-15(3)7-6-8-16(20)4/h6-12,14,17,23H,13H2,1-5H3,(H,22,24)/t17-/m1/s1. The van der Waals surface area contributed by atoms with Crippen molar-refractivity contribution in [3.8, 4) is 5.75 Å². The van der Waals surface area contributed by atoms with E-state index in [0.29, 0.717) is 23.9 Å². The number of hydrogen-bond donors (Lipinski definition) is 2. The van der Waals surface area contributed by atoms with Gasteiger partial charge in [-0.3, -0.25) is 9.52 Å². The van der Waals surface area contributed by atoms with Crippen molar-refractivity contribution in [2.45, 2.75) is 45.6 Å². The molecular formula is C21H28N2O4S. The molecule has 0 spiro atoms. The molecule has 2 aromatic rings. The summed E-state index contributed by atoms with van der Waals surface area (Å²) < 4.78 is 33.6. The van der Waals surface area contributed by atoms with Crippen molar-refractivity contribution in [1.82, 2.24) is 5.32 Å². The van der Waals surface area contributed by atoms with E-state index in [-0.39, 0.29) is 10.8 Å². The van der Waals surface area contributed by atoms with E-state index in [0.717, 1.165) is 11.1 Å². The van der Waals surface area contributed by atoms with Crippen LogP contribution in [0.1, 0.15) is 31.9 Å². The number of carbonyl (C=O) groups is 1. The fourth-order valence-corrected chi connectivity index (χ4v) is 3.78. The van der Waals surface area contributed by atoms with Gasteiger partial charge in [0.25, 0.3) is 15.9 Å².